The van der Waals surface area contributed by atoms with E-state index in [0.29, 0.717) is 5.75 Å². The second-order valence-corrected chi connectivity index (χ2v) is 6.49. The lowest BCUT2D eigenvalue weighted by molar-refractivity contribution is -0.727. The van der Waals surface area contributed by atoms with Crippen molar-refractivity contribution in [2.75, 3.05) is 19.8 Å². The van der Waals surface area contributed by atoms with Gasteiger partial charge in [0.25, 0.3) is 6.73 Å². The highest BCUT2D eigenvalue weighted by molar-refractivity contribution is 7.99. The van der Waals surface area contributed by atoms with Crippen molar-refractivity contribution >= 4 is 17.9 Å². The Morgan fingerprint density at radius 2 is 2.08 bits per heavy atom. The Balaban J connectivity index is 0.00000288. The summed E-state index contributed by atoms with van der Waals surface area (Å²) in [5.41, 5.74) is -0.687. The predicted molar refractivity (Wildman–Crippen MR) is 81.7 cm³/mol. The summed E-state index contributed by atoms with van der Waals surface area (Å²) in [5, 5.41) is 29.1. The number of hydrogen-bond acceptors (Lipinski definition) is 7. The van der Waals surface area contributed by atoms with E-state index in [0.717, 1.165) is 0 Å². The van der Waals surface area contributed by atoms with E-state index < -0.39 is 29.8 Å². The number of thioether (sulfide) groups is 1. The lowest BCUT2D eigenvalue weighted by Gasteiger charge is -2.34. The molecule has 0 aromatic carbocycles. The van der Waals surface area contributed by atoms with Gasteiger partial charge < -0.3 is 42.1 Å². The summed E-state index contributed by atoms with van der Waals surface area (Å²) < 4.78 is 12.3. The molecular weight excluding hydrogens is 360 g/mol. The third-order valence-corrected chi connectivity index (χ3v) is 4.48. The molecule has 0 spiro atoms. The minimum Gasteiger partial charge on any atom is -1.00 e. The molecule has 1 aliphatic heterocycles. The smallest absolute Gasteiger partial charge is 0.414 e. The number of rotatable bonds is 4. The molecular formula is C14H21ClN2O6S. The molecule has 4 atom stereocenters. The Kier molecular flexibility index (Phi) is 8.04. The van der Waals surface area contributed by atoms with E-state index in [4.69, 9.17) is 9.47 Å². The average molecular weight is 381 g/mol. The molecule has 136 valence electrons. The minimum absolute atomic E-state index is 0. The molecule has 1 amide bonds. The SMILES string of the molecule is CN(C)C(=O)OC[n+]1cccc(O[C@@H]2SC[C@@H](O)[C@H](O)[C@H]2O)c1.[Cl-]. The third kappa shape index (κ3) is 5.38. The summed E-state index contributed by atoms with van der Waals surface area (Å²) in [5.74, 6) is 0.726. The number of halogens is 1. The summed E-state index contributed by atoms with van der Waals surface area (Å²) in [6, 6.07) is 3.40. The molecule has 1 aromatic heterocycles. The molecule has 2 rings (SSSR count). The largest absolute Gasteiger partial charge is 1.00 e. The first-order valence-corrected chi connectivity index (χ1v) is 8.09. The standard InChI is InChI=1S/C14H21N2O6S.ClH/c1-15(2)14(20)21-8-16-5-3-4-9(6-16)22-13-12(19)11(18)10(17)7-23-13;/h3-6,10-13,17-19H,7-8H2,1-2H3;1H/q+1;/p-1/t10-,11+,12-,13-;/m1./s1. The Bertz CT molecular complexity index is 550. The number of pyridine rings is 1. The van der Waals surface area contributed by atoms with E-state index in [1.165, 1.54) is 16.7 Å². The van der Waals surface area contributed by atoms with Gasteiger partial charge in [-0.15, -0.1) is 11.8 Å². The van der Waals surface area contributed by atoms with Gasteiger partial charge in [-0.3, -0.25) is 0 Å². The van der Waals surface area contributed by atoms with Crippen LogP contribution in [0, 0.1) is 0 Å². The van der Waals surface area contributed by atoms with Crippen LogP contribution in [0.25, 0.3) is 0 Å². The molecule has 10 heteroatoms. The first kappa shape index (κ1) is 20.8. The highest BCUT2D eigenvalue weighted by Crippen LogP contribution is 2.28. The molecule has 24 heavy (non-hydrogen) atoms. The van der Waals surface area contributed by atoms with Crippen LogP contribution in [0.1, 0.15) is 0 Å². The van der Waals surface area contributed by atoms with E-state index in [9.17, 15) is 20.1 Å². The lowest BCUT2D eigenvalue weighted by Crippen LogP contribution is -3.00. The van der Waals surface area contributed by atoms with Crippen molar-refractivity contribution in [3.63, 3.8) is 0 Å². The number of aliphatic hydroxyl groups is 3. The Labute approximate surface area is 150 Å². The van der Waals surface area contributed by atoms with Crippen LogP contribution in [0.4, 0.5) is 4.79 Å². The number of aromatic nitrogens is 1. The highest BCUT2D eigenvalue weighted by atomic mass is 35.5. The van der Waals surface area contributed by atoms with Gasteiger partial charge in [-0.05, 0) is 6.07 Å². The van der Waals surface area contributed by atoms with Crippen LogP contribution in [0.5, 0.6) is 5.75 Å². The molecule has 1 saturated heterocycles. The maximum atomic E-state index is 11.4. The van der Waals surface area contributed by atoms with Gasteiger partial charge in [-0.1, -0.05) is 0 Å². The van der Waals surface area contributed by atoms with Crippen LogP contribution in [0.2, 0.25) is 0 Å². The van der Waals surface area contributed by atoms with Crippen molar-refractivity contribution in [1.29, 1.82) is 0 Å². The third-order valence-electron chi connectivity index (χ3n) is 3.24. The van der Waals surface area contributed by atoms with Crippen molar-refractivity contribution < 1.29 is 46.6 Å². The van der Waals surface area contributed by atoms with Gasteiger partial charge in [0.15, 0.2) is 17.4 Å². The van der Waals surface area contributed by atoms with Crippen molar-refractivity contribution in [3.8, 4) is 5.75 Å². The Morgan fingerprint density at radius 3 is 2.75 bits per heavy atom. The van der Waals surface area contributed by atoms with Crippen molar-refractivity contribution in [1.82, 2.24) is 4.90 Å². The number of amides is 1. The molecule has 2 heterocycles. The molecule has 3 N–H and O–H groups in total. The number of ether oxygens (including phenoxy) is 2. The van der Waals surface area contributed by atoms with E-state index in [1.807, 2.05) is 0 Å². The lowest BCUT2D eigenvalue weighted by atomic mass is 10.1. The van der Waals surface area contributed by atoms with E-state index in [-0.39, 0.29) is 24.9 Å². The van der Waals surface area contributed by atoms with Crippen LogP contribution in [-0.2, 0) is 11.5 Å². The summed E-state index contributed by atoms with van der Waals surface area (Å²) in [6.45, 7) is 0.0237. The van der Waals surface area contributed by atoms with Gasteiger partial charge in [0.05, 0.1) is 6.10 Å². The molecule has 8 nitrogen and oxygen atoms in total. The molecule has 0 radical (unpaired) electrons. The van der Waals surface area contributed by atoms with Gasteiger partial charge in [0, 0.05) is 25.9 Å². The van der Waals surface area contributed by atoms with Crippen LogP contribution in [0.15, 0.2) is 24.5 Å². The molecule has 1 fully saturated rings. The highest BCUT2D eigenvalue weighted by Gasteiger charge is 2.38. The van der Waals surface area contributed by atoms with E-state index >= 15 is 0 Å². The van der Waals surface area contributed by atoms with Gasteiger partial charge in [-0.2, -0.15) is 4.57 Å². The maximum absolute atomic E-state index is 11.4. The maximum Gasteiger partial charge on any atom is 0.414 e. The minimum atomic E-state index is -1.24. The quantitative estimate of drug-likeness (QED) is 0.460. The molecule has 1 aromatic rings. The van der Waals surface area contributed by atoms with Crippen LogP contribution in [0.3, 0.4) is 0 Å². The van der Waals surface area contributed by atoms with Gasteiger partial charge >= 0.3 is 6.09 Å². The van der Waals surface area contributed by atoms with E-state index in [2.05, 4.69) is 0 Å². The molecule has 0 aliphatic carbocycles. The van der Waals surface area contributed by atoms with Crippen molar-refractivity contribution in [2.24, 2.45) is 0 Å². The molecule has 0 unspecified atom stereocenters. The number of hydrogen-bond donors (Lipinski definition) is 3. The van der Waals surface area contributed by atoms with Crippen molar-refractivity contribution in [3.05, 3.63) is 24.5 Å². The first-order valence-electron chi connectivity index (χ1n) is 7.04. The fraction of sp³-hybridized carbons (Fsp3) is 0.571. The van der Waals surface area contributed by atoms with Crippen LogP contribution in [-0.4, -0.2) is 69.9 Å². The number of aliphatic hydroxyl groups excluding tert-OH is 3. The summed E-state index contributed by atoms with van der Waals surface area (Å²) >= 11 is 1.22. The second kappa shape index (κ2) is 9.28. The number of nitrogens with zero attached hydrogens (tertiary/aromatic N) is 2. The Morgan fingerprint density at radius 1 is 1.38 bits per heavy atom. The summed E-state index contributed by atoms with van der Waals surface area (Å²) in [7, 11) is 3.18. The summed E-state index contributed by atoms with van der Waals surface area (Å²) in [4.78, 5) is 12.7. The van der Waals surface area contributed by atoms with Crippen LogP contribution >= 0.6 is 11.8 Å². The molecule has 1 aliphatic rings. The van der Waals surface area contributed by atoms with Gasteiger partial charge in [0.1, 0.15) is 12.2 Å². The van der Waals surface area contributed by atoms with Crippen molar-refractivity contribution in [2.45, 2.75) is 30.5 Å². The monoisotopic (exact) mass is 380 g/mol. The molecule has 0 bridgehead atoms. The summed E-state index contributed by atoms with van der Waals surface area (Å²) in [6.07, 6.45) is -0.533. The second-order valence-electron chi connectivity index (χ2n) is 5.36. The normalized spacial score (nSPS) is 26.2. The predicted octanol–water partition coefficient (Wildman–Crippen LogP) is -3.83. The fourth-order valence-corrected chi connectivity index (χ4v) is 3.05. The zero-order chi connectivity index (χ0) is 17.0. The zero-order valence-electron chi connectivity index (χ0n) is 13.3. The zero-order valence-corrected chi connectivity index (χ0v) is 14.9. The Hall–Kier alpha value is -1.26. The number of carbonyl (C=O) groups excluding carboxylic acids is 1. The topological polar surface area (TPSA) is 103 Å². The van der Waals surface area contributed by atoms with Crippen LogP contribution < -0.4 is 21.7 Å². The van der Waals surface area contributed by atoms with Gasteiger partial charge in [0.2, 0.25) is 6.20 Å². The molecule has 0 saturated carbocycles. The van der Waals surface area contributed by atoms with Gasteiger partial charge in [-0.25, -0.2) is 4.79 Å². The fourth-order valence-electron chi connectivity index (χ4n) is 1.92. The first-order chi connectivity index (χ1) is 10.9. The average Bonchev–Trinajstić information content (AvgIpc) is 2.53. The van der Waals surface area contributed by atoms with E-state index in [1.54, 1.807) is 43.2 Å². The number of carbonyl (C=O) groups is 1.